The second kappa shape index (κ2) is 17.8. The van der Waals surface area contributed by atoms with Crippen LogP contribution in [0.4, 0.5) is 5.69 Å². The molecule has 2 aromatic rings. The van der Waals surface area contributed by atoms with Crippen molar-refractivity contribution >= 4 is 35.3 Å². The molecule has 4 amide bonds. The number of fused-ring (bicyclic) bond motifs is 2. The van der Waals surface area contributed by atoms with Crippen molar-refractivity contribution in [2.24, 2.45) is 5.92 Å². The van der Waals surface area contributed by atoms with Crippen molar-refractivity contribution in [2.75, 3.05) is 18.5 Å². The van der Waals surface area contributed by atoms with Crippen molar-refractivity contribution < 1.29 is 38.9 Å². The highest BCUT2D eigenvalue weighted by Crippen LogP contribution is 2.32. The van der Waals surface area contributed by atoms with Gasteiger partial charge in [-0.2, -0.15) is 5.26 Å². The van der Waals surface area contributed by atoms with E-state index in [-0.39, 0.29) is 38.8 Å². The molecule has 0 bridgehead atoms. The SMILES string of the molecule is CCOC(O)C[C@@H](C#N)NC(=O)[C@@H]1c2ccc(C)cc2CCN1C(=O)[C@@H](NC(=O)[C@H](CCCC(=O)O)NC(=O)C1Cc2ccccc2N1)C(C)C. The number of ether oxygens (including phenoxy) is 1. The number of hydrogen-bond donors (Lipinski definition) is 6. The zero-order valence-electron chi connectivity index (χ0n) is 29.5. The smallest absolute Gasteiger partial charge is 0.303 e. The number of aliphatic hydroxyl groups is 1. The van der Waals surface area contributed by atoms with Gasteiger partial charge >= 0.3 is 5.97 Å². The molecule has 0 aromatic heterocycles. The van der Waals surface area contributed by atoms with Crippen molar-refractivity contribution in [3.63, 3.8) is 0 Å². The first kappa shape index (κ1) is 38.8. The fourth-order valence-corrected chi connectivity index (χ4v) is 6.53. The van der Waals surface area contributed by atoms with Crippen LogP contribution < -0.4 is 21.3 Å². The van der Waals surface area contributed by atoms with Gasteiger partial charge in [0.15, 0.2) is 6.29 Å². The Kier molecular flexibility index (Phi) is 13.5. The molecule has 0 spiro atoms. The van der Waals surface area contributed by atoms with Gasteiger partial charge in [0, 0.05) is 38.1 Å². The van der Waals surface area contributed by atoms with Gasteiger partial charge in [0.25, 0.3) is 0 Å². The van der Waals surface area contributed by atoms with Crippen LogP contribution >= 0.6 is 0 Å². The summed E-state index contributed by atoms with van der Waals surface area (Å²) in [5, 5.41) is 40.5. The number of aryl methyl sites for hydroxylation is 1. The zero-order valence-corrected chi connectivity index (χ0v) is 29.5. The van der Waals surface area contributed by atoms with Crippen LogP contribution in [0.3, 0.4) is 0 Å². The Morgan fingerprint density at radius 3 is 2.47 bits per heavy atom. The molecular weight excluding hydrogens is 656 g/mol. The van der Waals surface area contributed by atoms with Crippen LogP contribution in [-0.4, -0.2) is 88.3 Å². The number of nitrogens with zero attached hydrogens (tertiary/aromatic N) is 2. The maximum atomic E-state index is 14.4. The summed E-state index contributed by atoms with van der Waals surface area (Å²) in [6, 6.07) is 9.89. The number of aliphatic carboxylic acids is 1. The van der Waals surface area contributed by atoms with E-state index in [2.05, 4.69) is 21.3 Å². The number of aliphatic hydroxyl groups excluding tert-OH is 1. The Balaban J connectivity index is 1.56. The Labute approximate surface area is 297 Å². The molecule has 51 heavy (non-hydrogen) atoms. The number of carbonyl (C=O) groups is 5. The molecule has 2 aliphatic heterocycles. The number of nitrogens with one attached hydrogen (secondary N) is 4. The molecule has 6 N–H and O–H groups in total. The number of carboxylic acid groups (broad SMARTS) is 1. The summed E-state index contributed by atoms with van der Waals surface area (Å²) in [5.74, 6) is -3.73. The lowest BCUT2D eigenvalue weighted by Crippen LogP contribution is -2.59. The Morgan fingerprint density at radius 2 is 1.80 bits per heavy atom. The Hall–Kier alpha value is -5.00. The average molecular weight is 705 g/mol. The number of nitriles is 1. The lowest BCUT2D eigenvalue weighted by molar-refractivity contribution is -0.146. The first-order chi connectivity index (χ1) is 24.3. The number of para-hydroxylation sites is 1. The van der Waals surface area contributed by atoms with Crippen LogP contribution in [0.25, 0.3) is 0 Å². The maximum absolute atomic E-state index is 14.4. The lowest BCUT2D eigenvalue weighted by Gasteiger charge is -2.39. The van der Waals surface area contributed by atoms with E-state index in [0.29, 0.717) is 18.4 Å². The summed E-state index contributed by atoms with van der Waals surface area (Å²) < 4.78 is 5.14. The fraction of sp³-hybridized carbons (Fsp3) is 0.514. The number of rotatable bonds is 16. The molecule has 2 heterocycles. The molecule has 4 rings (SSSR count). The number of benzene rings is 2. The quantitative estimate of drug-likeness (QED) is 0.140. The summed E-state index contributed by atoms with van der Waals surface area (Å²) in [6.07, 6.45) is -0.686. The van der Waals surface area contributed by atoms with Gasteiger partial charge in [-0.3, -0.25) is 24.0 Å². The van der Waals surface area contributed by atoms with E-state index in [1.54, 1.807) is 26.8 Å². The average Bonchev–Trinajstić information content (AvgIpc) is 3.53. The standard InChI is InChI=1S/C37H48N6O8/c1-5-51-31(46)19-25(20-38)39-36(49)33-26-14-13-22(4)17-23(26)15-16-43(33)37(50)32(21(2)3)42-34(47)28(11-8-12-30(44)45)41-35(48)29-18-24-9-6-7-10-27(24)40-29/h6-7,9-10,13-14,17,21,25,28-29,31-33,40,46H,5,8,11-12,15-16,18-19H2,1-4H3,(H,39,49)(H,41,48)(H,42,47)(H,44,45)/t25-,28-,29?,31?,32-,33-/m0/s1. The molecular formula is C37H48N6O8. The van der Waals surface area contributed by atoms with Gasteiger partial charge in [0.05, 0.1) is 6.07 Å². The Bertz CT molecular complexity index is 1620. The monoisotopic (exact) mass is 704 g/mol. The molecule has 0 saturated carbocycles. The number of amides is 4. The third-order valence-electron chi connectivity index (χ3n) is 9.16. The van der Waals surface area contributed by atoms with Crippen molar-refractivity contribution in [2.45, 2.75) is 103 Å². The first-order valence-corrected chi connectivity index (χ1v) is 17.4. The molecule has 0 saturated heterocycles. The van der Waals surface area contributed by atoms with Gasteiger partial charge < -0.3 is 41.1 Å². The van der Waals surface area contributed by atoms with Crippen LogP contribution in [0.15, 0.2) is 42.5 Å². The number of carbonyl (C=O) groups excluding carboxylic acids is 4. The third kappa shape index (κ3) is 10.0. The number of anilines is 1. The fourth-order valence-electron chi connectivity index (χ4n) is 6.53. The normalized spacial score (nSPS) is 18.6. The molecule has 2 aromatic carbocycles. The number of carboxylic acids is 1. The van der Waals surface area contributed by atoms with Crippen molar-refractivity contribution in [1.82, 2.24) is 20.9 Å². The predicted octanol–water partition coefficient (Wildman–Crippen LogP) is 2.09. The van der Waals surface area contributed by atoms with E-state index in [1.165, 1.54) is 4.90 Å². The second-order valence-corrected chi connectivity index (χ2v) is 13.4. The van der Waals surface area contributed by atoms with Crippen LogP contribution in [0, 0.1) is 24.2 Å². The first-order valence-electron chi connectivity index (χ1n) is 17.4. The van der Waals surface area contributed by atoms with Crippen molar-refractivity contribution in [3.05, 3.63) is 64.7 Å². The van der Waals surface area contributed by atoms with Gasteiger partial charge in [0.2, 0.25) is 23.6 Å². The van der Waals surface area contributed by atoms with Gasteiger partial charge in [-0.25, -0.2) is 0 Å². The van der Waals surface area contributed by atoms with E-state index in [0.717, 1.165) is 22.4 Å². The van der Waals surface area contributed by atoms with E-state index < -0.39 is 72.0 Å². The second-order valence-electron chi connectivity index (χ2n) is 13.4. The topological polar surface area (TPSA) is 210 Å². The van der Waals surface area contributed by atoms with Crippen LogP contribution in [0.5, 0.6) is 0 Å². The van der Waals surface area contributed by atoms with Crippen molar-refractivity contribution in [3.8, 4) is 6.07 Å². The van der Waals surface area contributed by atoms with Gasteiger partial charge in [0.1, 0.15) is 30.2 Å². The minimum absolute atomic E-state index is 0.0210. The minimum Gasteiger partial charge on any atom is -0.481 e. The van der Waals surface area contributed by atoms with E-state index >= 15 is 0 Å². The Morgan fingerprint density at radius 1 is 1.06 bits per heavy atom. The van der Waals surface area contributed by atoms with E-state index in [9.17, 15) is 39.4 Å². The molecule has 274 valence electrons. The molecule has 2 aliphatic rings. The van der Waals surface area contributed by atoms with Gasteiger partial charge in [-0.15, -0.1) is 0 Å². The van der Waals surface area contributed by atoms with Crippen LogP contribution in [0.2, 0.25) is 0 Å². The summed E-state index contributed by atoms with van der Waals surface area (Å²) in [6.45, 7) is 7.47. The van der Waals surface area contributed by atoms with Crippen LogP contribution in [0.1, 0.15) is 74.8 Å². The molecule has 6 atom stereocenters. The summed E-state index contributed by atoms with van der Waals surface area (Å²) >= 11 is 0. The van der Waals surface area contributed by atoms with Gasteiger partial charge in [-0.1, -0.05) is 55.8 Å². The maximum Gasteiger partial charge on any atom is 0.303 e. The number of hydrogen-bond acceptors (Lipinski definition) is 9. The van der Waals surface area contributed by atoms with Crippen molar-refractivity contribution in [1.29, 1.82) is 5.26 Å². The van der Waals surface area contributed by atoms with Crippen LogP contribution in [-0.2, 0) is 41.6 Å². The van der Waals surface area contributed by atoms with E-state index in [1.807, 2.05) is 49.4 Å². The lowest BCUT2D eigenvalue weighted by atomic mass is 9.89. The summed E-state index contributed by atoms with van der Waals surface area (Å²) in [4.78, 5) is 68.2. The molecule has 14 heteroatoms. The van der Waals surface area contributed by atoms with Gasteiger partial charge in [-0.05, 0) is 61.8 Å². The highest BCUT2D eigenvalue weighted by atomic mass is 16.6. The molecule has 2 unspecified atom stereocenters. The highest BCUT2D eigenvalue weighted by Gasteiger charge is 2.41. The molecule has 14 nitrogen and oxygen atoms in total. The minimum atomic E-state index is -1.27. The molecule has 0 radical (unpaired) electrons. The molecule has 0 fully saturated rings. The third-order valence-corrected chi connectivity index (χ3v) is 9.16. The predicted molar refractivity (Wildman–Crippen MR) is 187 cm³/mol. The summed E-state index contributed by atoms with van der Waals surface area (Å²) in [7, 11) is 0. The highest BCUT2D eigenvalue weighted by molar-refractivity contribution is 5.96. The van der Waals surface area contributed by atoms with E-state index in [4.69, 9.17) is 4.74 Å². The molecule has 0 aliphatic carbocycles. The zero-order chi connectivity index (χ0) is 37.2. The largest absolute Gasteiger partial charge is 0.481 e. The summed E-state index contributed by atoms with van der Waals surface area (Å²) in [5.41, 5.74) is 4.20.